The number of likely N-dealkylation sites (tertiary alicyclic amines) is 1. The van der Waals surface area contributed by atoms with Crippen molar-refractivity contribution in [1.82, 2.24) is 9.80 Å². The Kier molecular flexibility index (Phi) is 7.01. The lowest BCUT2D eigenvalue weighted by molar-refractivity contribution is -0.114. The zero-order valence-corrected chi connectivity index (χ0v) is 18.0. The summed E-state index contributed by atoms with van der Waals surface area (Å²) >= 11 is 0. The van der Waals surface area contributed by atoms with E-state index >= 15 is 0 Å². The predicted octanol–water partition coefficient (Wildman–Crippen LogP) is 2.45. The molecular formula is C24H28N4O4. The summed E-state index contributed by atoms with van der Waals surface area (Å²) in [6.07, 6.45) is 2.11. The van der Waals surface area contributed by atoms with Gasteiger partial charge in [0.2, 0.25) is 5.91 Å². The first-order valence-corrected chi connectivity index (χ1v) is 11.0. The first kappa shape index (κ1) is 21.8. The van der Waals surface area contributed by atoms with Crippen LogP contribution in [0.2, 0.25) is 0 Å². The van der Waals surface area contributed by atoms with Gasteiger partial charge >= 0.3 is 0 Å². The number of ether oxygens (including phenoxy) is 1. The van der Waals surface area contributed by atoms with Crippen LogP contribution in [-0.4, -0.2) is 73.5 Å². The summed E-state index contributed by atoms with van der Waals surface area (Å²) < 4.78 is 5.30. The Balaban J connectivity index is 1.28. The van der Waals surface area contributed by atoms with Crippen LogP contribution in [0.5, 0.6) is 0 Å². The van der Waals surface area contributed by atoms with Gasteiger partial charge in [0.1, 0.15) is 0 Å². The Morgan fingerprint density at radius 1 is 0.781 bits per heavy atom. The fourth-order valence-corrected chi connectivity index (χ4v) is 3.90. The summed E-state index contributed by atoms with van der Waals surface area (Å²) in [4.78, 5) is 41.0. The molecule has 0 bridgehead atoms. The standard InChI is InChI=1S/C24H28N4O4/c29-22(26-20-8-6-18(7-9-20)23(30)27-10-1-2-11-27)17-25-21-5-3-4-19(16-21)24(31)28-12-14-32-15-13-28/h3-9,16,25H,1-2,10-15,17H2,(H,26,29). The highest BCUT2D eigenvalue weighted by Crippen LogP contribution is 2.16. The summed E-state index contributed by atoms with van der Waals surface area (Å²) in [6.45, 7) is 3.95. The van der Waals surface area contributed by atoms with Gasteiger partial charge in [-0.05, 0) is 55.3 Å². The summed E-state index contributed by atoms with van der Waals surface area (Å²) in [7, 11) is 0. The molecule has 2 fully saturated rings. The molecule has 3 amide bonds. The maximum absolute atomic E-state index is 12.6. The minimum absolute atomic E-state index is 0.0357. The molecule has 2 heterocycles. The molecule has 8 heteroatoms. The van der Waals surface area contributed by atoms with Crippen LogP contribution in [0.4, 0.5) is 11.4 Å². The molecule has 0 aliphatic carbocycles. The van der Waals surface area contributed by atoms with Gasteiger partial charge in [0.25, 0.3) is 11.8 Å². The van der Waals surface area contributed by atoms with Crippen LogP contribution in [0.1, 0.15) is 33.6 Å². The van der Waals surface area contributed by atoms with Gasteiger partial charge in [-0.3, -0.25) is 14.4 Å². The van der Waals surface area contributed by atoms with Gasteiger partial charge < -0.3 is 25.2 Å². The molecule has 2 saturated heterocycles. The summed E-state index contributed by atoms with van der Waals surface area (Å²) in [5, 5.41) is 5.88. The van der Waals surface area contributed by atoms with Crippen LogP contribution < -0.4 is 10.6 Å². The molecule has 2 aliphatic rings. The SMILES string of the molecule is O=C(CNc1cccc(C(=O)N2CCOCC2)c1)Nc1ccc(C(=O)N2CCCC2)cc1. The molecule has 2 aromatic carbocycles. The smallest absolute Gasteiger partial charge is 0.254 e. The van der Waals surface area contributed by atoms with Crippen LogP contribution in [0, 0.1) is 0 Å². The number of benzene rings is 2. The second-order valence-electron chi connectivity index (χ2n) is 7.96. The van der Waals surface area contributed by atoms with E-state index in [0.29, 0.717) is 48.8 Å². The van der Waals surface area contributed by atoms with Crippen LogP contribution in [0.15, 0.2) is 48.5 Å². The van der Waals surface area contributed by atoms with E-state index in [-0.39, 0.29) is 24.3 Å². The first-order chi connectivity index (χ1) is 15.6. The fourth-order valence-electron chi connectivity index (χ4n) is 3.90. The number of nitrogens with one attached hydrogen (secondary N) is 2. The number of morpholine rings is 1. The lowest BCUT2D eigenvalue weighted by atomic mass is 10.1. The van der Waals surface area contributed by atoms with E-state index in [1.54, 1.807) is 47.4 Å². The Bertz CT molecular complexity index is 964. The van der Waals surface area contributed by atoms with Crippen molar-refractivity contribution in [3.8, 4) is 0 Å². The monoisotopic (exact) mass is 436 g/mol. The highest BCUT2D eigenvalue weighted by Gasteiger charge is 2.20. The van der Waals surface area contributed by atoms with Gasteiger partial charge in [-0.1, -0.05) is 6.07 Å². The molecule has 0 unspecified atom stereocenters. The molecule has 0 aromatic heterocycles. The molecule has 2 aromatic rings. The van der Waals surface area contributed by atoms with E-state index in [1.165, 1.54) is 0 Å². The average molecular weight is 437 g/mol. The summed E-state index contributed by atoms with van der Waals surface area (Å²) in [5.41, 5.74) is 2.54. The minimum atomic E-state index is -0.214. The molecular weight excluding hydrogens is 408 g/mol. The van der Waals surface area contributed by atoms with E-state index in [2.05, 4.69) is 10.6 Å². The topological polar surface area (TPSA) is 91.0 Å². The van der Waals surface area contributed by atoms with Crippen molar-refractivity contribution in [1.29, 1.82) is 0 Å². The largest absolute Gasteiger partial charge is 0.378 e. The van der Waals surface area contributed by atoms with E-state index < -0.39 is 0 Å². The zero-order valence-electron chi connectivity index (χ0n) is 18.0. The second kappa shape index (κ2) is 10.3. The summed E-state index contributed by atoms with van der Waals surface area (Å²) in [6, 6.07) is 14.1. The molecule has 32 heavy (non-hydrogen) atoms. The van der Waals surface area contributed by atoms with E-state index in [4.69, 9.17) is 4.74 Å². The molecule has 2 aliphatic heterocycles. The molecule has 0 spiro atoms. The van der Waals surface area contributed by atoms with Gasteiger partial charge in [-0.25, -0.2) is 0 Å². The normalized spacial score (nSPS) is 16.0. The van der Waals surface area contributed by atoms with E-state index in [1.807, 2.05) is 11.0 Å². The number of carbonyl (C=O) groups excluding carboxylic acids is 3. The number of amides is 3. The number of hydrogen-bond acceptors (Lipinski definition) is 5. The van der Waals surface area contributed by atoms with Gasteiger partial charge in [-0.2, -0.15) is 0 Å². The first-order valence-electron chi connectivity index (χ1n) is 11.0. The zero-order chi connectivity index (χ0) is 22.3. The maximum Gasteiger partial charge on any atom is 0.254 e. The Labute approximate surface area is 187 Å². The van der Waals surface area contributed by atoms with Crippen LogP contribution >= 0.6 is 0 Å². The second-order valence-corrected chi connectivity index (χ2v) is 7.96. The molecule has 0 atom stereocenters. The number of carbonyl (C=O) groups is 3. The van der Waals surface area contributed by atoms with Crippen molar-refractivity contribution in [3.63, 3.8) is 0 Å². The van der Waals surface area contributed by atoms with Crippen molar-refractivity contribution in [2.24, 2.45) is 0 Å². The molecule has 0 radical (unpaired) electrons. The number of anilines is 2. The number of rotatable bonds is 6. The van der Waals surface area contributed by atoms with Crippen LogP contribution in [-0.2, 0) is 9.53 Å². The molecule has 168 valence electrons. The minimum Gasteiger partial charge on any atom is -0.378 e. The van der Waals surface area contributed by atoms with Crippen molar-refractivity contribution in [2.45, 2.75) is 12.8 Å². The molecule has 8 nitrogen and oxygen atoms in total. The van der Waals surface area contributed by atoms with Gasteiger partial charge in [0.15, 0.2) is 0 Å². The third-order valence-electron chi connectivity index (χ3n) is 5.67. The summed E-state index contributed by atoms with van der Waals surface area (Å²) in [5.74, 6) is -0.216. The molecule has 2 N–H and O–H groups in total. The van der Waals surface area contributed by atoms with Crippen molar-refractivity contribution in [3.05, 3.63) is 59.7 Å². The third kappa shape index (κ3) is 5.45. The Morgan fingerprint density at radius 2 is 1.44 bits per heavy atom. The fraction of sp³-hybridized carbons (Fsp3) is 0.375. The van der Waals surface area contributed by atoms with Gasteiger partial charge in [-0.15, -0.1) is 0 Å². The van der Waals surface area contributed by atoms with E-state index in [9.17, 15) is 14.4 Å². The van der Waals surface area contributed by atoms with Gasteiger partial charge in [0.05, 0.1) is 19.8 Å². The Hall–Kier alpha value is -3.39. The quantitative estimate of drug-likeness (QED) is 0.726. The van der Waals surface area contributed by atoms with Crippen LogP contribution in [0.3, 0.4) is 0 Å². The predicted molar refractivity (Wildman–Crippen MR) is 122 cm³/mol. The lowest BCUT2D eigenvalue weighted by Crippen LogP contribution is -2.40. The maximum atomic E-state index is 12.6. The highest BCUT2D eigenvalue weighted by molar-refractivity contribution is 5.97. The van der Waals surface area contributed by atoms with Crippen molar-refractivity contribution < 1.29 is 19.1 Å². The molecule has 4 rings (SSSR count). The number of nitrogens with zero attached hydrogens (tertiary/aromatic N) is 2. The number of hydrogen-bond donors (Lipinski definition) is 2. The molecule has 0 saturated carbocycles. The Morgan fingerprint density at radius 3 is 2.16 bits per heavy atom. The lowest BCUT2D eigenvalue weighted by Gasteiger charge is -2.27. The average Bonchev–Trinajstić information content (AvgIpc) is 3.38. The van der Waals surface area contributed by atoms with Crippen LogP contribution in [0.25, 0.3) is 0 Å². The van der Waals surface area contributed by atoms with E-state index in [0.717, 1.165) is 25.9 Å². The van der Waals surface area contributed by atoms with Crippen molar-refractivity contribution >= 4 is 29.1 Å². The van der Waals surface area contributed by atoms with Crippen molar-refractivity contribution in [2.75, 3.05) is 56.6 Å². The highest BCUT2D eigenvalue weighted by atomic mass is 16.5. The van der Waals surface area contributed by atoms with Gasteiger partial charge in [0, 0.05) is 48.7 Å². The third-order valence-corrected chi connectivity index (χ3v) is 5.67.